The smallest absolute Gasteiger partial charge is 0.260 e. The number of hydrogen-bond acceptors (Lipinski definition) is 4. The molecule has 7 nitrogen and oxygen atoms in total. The van der Waals surface area contributed by atoms with Crippen LogP contribution in [0.3, 0.4) is 0 Å². The summed E-state index contributed by atoms with van der Waals surface area (Å²) in [5, 5.41) is 18.0. The highest BCUT2D eigenvalue weighted by Gasteiger charge is 2.20. The summed E-state index contributed by atoms with van der Waals surface area (Å²) in [6, 6.07) is 4.20. The second-order valence-corrected chi connectivity index (χ2v) is 4.92. The number of carbonyl (C=O) groups is 1. The van der Waals surface area contributed by atoms with Crippen LogP contribution in [-0.2, 0) is 7.05 Å². The van der Waals surface area contributed by atoms with E-state index >= 15 is 0 Å². The lowest BCUT2D eigenvalue weighted by atomic mass is 10.2. The van der Waals surface area contributed by atoms with Gasteiger partial charge in [0.05, 0.1) is 17.3 Å². The fourth-order valence-electron chi connectivity index (χ4n) is 1.71. The maximum absolute atomic E-state index is 13.8. The highest BCUT2D eigenvalue weighted by Crippen LogP contribution is 2.22. The van der Waals surface area contributed by atoms with Gasteiger partial charge in [-0.15, -0.1) is 0 Å². The van der Waals surface area contributed by atoms with E-state index in [-0.39, 0.29) is 22.8 Å². The Balaban J connectivity index is 2.39. The summed E-state index contributed by atoms with van der Waals surface area (Å²) in [6.45, 7) is 0. The molecule has 0 saturated heterocycles. The fraction of sp³-hybridized carbons (Fsp3) is 0.0833. The van der Waals surface area contributed by atoms with Gasteiger partial charge in [-0.1, -0.05) is 11.2 Å². The van der Waals surface area contributed by atoms with E-state index in [1.165, 1.54) is 23.0 Å². The molecule has 0 bridgehead atoms. The maximum atomic E-state index is 13.8. The van der Waals surface area contributed by atoms with Crippen molar-refractivity contribution in [3.63, 3.8) is 0 Å². The number of nitrogens with two attached hydrogens (primary N) is 1. The minimum atomic E-state index is -0.685. The molecule has 2 aromatic rings. The molecule has 0 atom stereocenters. The number of aryl methyl sites for hydroxylation is 1. The number of rotatable bonds is 3. The van der Waals surface area contributed by atoms with Crippen molar-refractivity contribution in [2.75, 3.05) is 5.32 Å². The van der Waals surface area contributed by atoms with E-state index in [1.54, 1.807) is 13.1 Å². The van der Waals surface area contributed by atoms with Crippen molar-refractivity contribution in [2.45, 2.75) is 0 Å². The molecule has 1 aromatic carbocycles. The number of oxime groups is 1. The third-order valence-corrected chi connectivity index (χ3v) is 3.41. The zero-order valence-corrected chi connectivity index (χ0v) is 12.4. The van der Waals surface area contributed by atoms with Gasteiger partial charge in [-0.25, -0.2) is 4.39 Å². The number of benzene rings is 1. The number of amides is 1. The van der Waals surface area contributed by atoms with Gasteiger partial charge in [0.2, 0.25) is 0 Å². The number of carbonyl (C=O) groups excluding carboxylic acids is 1. The van der Waals surface area contributed by atoms with E-state index in [9.17, 15) is 9.18 Å². The molecule has 0 aliphatic rings. The van der Waals surface area contributed by atoms with Crippen molar-refractivity contribution in [3.05, 3.63) is 45.8 Å². The topological polar surface area (TPSA) is 106 Å². The third-order valence-electron chi connectivity index (χ3n) is 2.74. The van der Waals surface area contributed by atoms with Gasteiger partial charge in [0.15, 0.2) is 5.84 Å². The van der Waals surface area contributed by atoms with Crippen LogP contribution in [0.2, 0.25) is 0 Å². The van der Waals surface area contributed by atoms with Crippen molar-refractivity contribution >= 4 is 33.5 Å². The van der Waals surface area contributed by atoms with Crippen LogP contribution >= 0.6 is 15.9 Å². The van der Waals surface area contributed by atoms with E-state index in [1.807, 2.05) is 0 Å². The summed E-state index contributed by atoms with van der Waals surface area (Å²) in [5.41, 5.74) is 5.57. The molecule has 0 aliphatic heterocycles. The number of nitrogens with one attached hydrogen (secondary N) is 1. The van der Waals surface area contributed by atoms with Crippen molar-refractivity contribution in [2.24, 2.45) is 17.9 Å². The molecule has 2 rings (SSSR count). The Hall–Kier alpha value is -2.42. The van der Waals surface area contributed by atoms with Gasteiger partial charge in [0.1, 0.15) is 11.6 Å². The first-order chi connectivity index (χ1) is 9.95. The lowest BCUT2D eigenvalue weighted by molar-refractivity contribution is 0.102. The largest absolute Gasteiger partial charge is 0.409 e. The Bertz CT molecular complexity index is 708. The molecule has 0 aliphatic carbocycles. The second kappa shape index (κ2) is 5.92. The molecule has 1 heterocycles. The molecule has 1 amide bonds. The Kier molecular flexibility index (Phi) is 4.22. The molecule has 0 fully saturated rings. The van der Waals surface area contributed by atoms with Crippen molar-refractivity contribution < 1.29 is 14.4 Å². The van der Waals surface area contributed by atoms with E-state index in [2.05, 4.69) is 31.5 Å². The molecule has 9 heteroatoms. The van der Waals surface area contributed by atoms with Crippen molar-refractivity contribution in [3.8, 4) is 0 Å². The van der Waals surface area contributed by atoms with E-state index < -0.39 is 11.7 Å². The van der Waals surface area contributed by atoms with E-state index in [0.29, 0.717) is 4.47 Å². The predicted octanol–water partition coefficient (Wildman–Crippen LogP) is 1.67. The Morgan fingerprint density at radius 2 is 2.29 bits per heavy atom. The Morgan fingerprint density at radius 3 is 2.90 bits per heavy atom. The summed E-state index contributed by atoms with van der Waals surface area (Å²) in [7, 11) is 1.56. The van der Waals surface area contributed by atoms with Gasteiger partial charge < -0.3 is 16.3 Å². The van der Waals surface area contributed by atoms with E-state index in [0.717, 1.165) is 0 Å². The van der Waals surface area contributed by atoms with Crippen LogP contribution in [0.5, 0.6) is 0 Å². The monoisotopic (exact) mass is 355 g/mol. The van der Waals surface area contributed by atoms with Crippen LogP contribution in [-0.4, -0.2) is 26.7 Å². The van der Waals surface area contributed by atoms with Gasteiger partial charge >= 0.3 is 0 Å². The Morgan fingerprint density at radius 1 is 1.57 bits per heavy atom. The lowest BCUT2D eigenvalue weighted by Crippen LogP contribution is -2.21. The third kappa shape index (κ3) is 2.87. The molecule has 0 spiro atoms. The van der Waals surface area contributed by atoms with Crippen LogP contribution in [0.25, 0.3) is 0 Å². The average molecular weight is 356 g/mol. The fourth-order valence-corrected chi connectivity index (χ4v) is 2.23. The van der Waals surface area contributed by atoms with Gasteiger partial charge in [0, 0.05) is 11.5 Å². The summed E-state index contributed by atoms with van der Waals surface area (Å²) < 4.78 is 15.4. The maximum Gasteiger partial charge on any atom is 0.260 e. The number of anilines is 1. The van der Waals surface area contributed by atoms with Crippen LogP contribution in [0.15, 0.2) is 34.0 Å². The zero-order valence-electron chi connectivity index (χ0n) is 10.8. The normalized spacial score (nSPS) is 11.5. The number of amidine groups is 1. The standard InChI is InChI=1S/C12H11BrFN5O2/c1-19-11(6(5-16-19)10(15)18-21)17-12(20)9-7(13)3-2-4-8(9)14/h2-5,21H,1H3,(H2,15,18)(H,17,20). The lowest BCUT2D eigenvalue weighted by Gasteiger charge is -2.09. The number of halogens is 2. The van der Waals surface area contributed by atoms with Crippen molar-refractivity contribution in [1.82, 2.24) is 9.78 Å². The van der Waals surface area contributed by atoms with Crippen LogP contribution < -0.4 is 11.1 Å². The average Bonchev–Trinajstić information content (AvgIpc) is 2.79. The first-order valence-corrected chi connectivity index (χ1v) is 6.50. The second-order valence-electron chi connectivity index (χ2n) is 4.07. The molecular weight excluding hydrogens is 345 g/mol. The van der Waals surface area contributed by atoms with Gasteiger partial charge in [-0.05, 0) is 28.1 Å². The van der Waals surface area contributed by atoms with Crippen LogP contribution in [0, 0.1) is 5.82 Å². The molecule has 110 valence electrons. The molecular formula is C12H11BrFN5O2. The predicted molar refractivity (Wildman–Crippen MR) is 77.8 cm³/mol. The molecule has 1 aromatic heterocycles. The number of hydrogen-bond donors (Lipinski definition) is 3. The summed E-state index contributed by atoms with van der Waals surface area (Å²) >= 11 is 3.12. The first-order valence-electron chi connectivity index (χ1n) is 5.71. The highest BCUT2D eigenvalue weighted by atomic mass is 79.9. The van der Waals surface area contributed by atoms with Gasteiger partial charge in [-0.2, -0.15) is 5.10 Å². The first kappa shape index (κ1) is 15.0. The van der Waals surface area contributed by atoms with E-state index in [4.69, 9.17) is 10.9 Å². The quantitative estimate of drug-likeness (QED) is 0.337. The SMILES string of the molecule is Cn1ncc(/C(N)=N/O)c1NC(=O)c1c(F)cccc1Br. The van der Waals surface area contributed by atoms with Crippen LogP contribution in [0.4, 0.5) is 10.2 Å². The summed E-state index contributed by atoms with van der Waals surface area (Å²) in [6.07, 6.45) is 1.32. The minimum absolute atomic E-state index is 0.149. The minimum Gasteiger partial charge on any atom is -0.409 e. The van der Waals surface area contributed by atoms with Crippen LogP contribution in [0.1, 0.15) is 15.9 Å². The molecule has 4 N–H and O–H groups in total. The summed E-state index contributed by atoms with van der Waals surface area (Å²) in [4.78, 5) is 12.2. The number of nitrogens with zero attached hydrogens (tertiary/aromatic N) is 3. The zero-order chi connectivity index (χ0) is 15.6. The molecule has 0 radical (unpaired) electrons. The highest BCUT2D eigenvalue weighted by molar-refractivity contribution is 9.10. The molecule has 0 saturated carbocycles. The van der Waals surface area contributed by atoms with Gasteiger partial charge in [-0.3, -0.25) is 9.48 Å². The van der Waals surface area contributed by atoms with Gasteiger partial charge in [0.25, 0.3) is 5.91 Å². The van der Waals surface area contributed by atoms with Crippen molar-refractivity contribution in [1.29, 1.82) is 0 Å². The molecule has 21 heavy (non-hydrogen) atoms. The summed E-state index contributed by atoms with van der Waals surface area (Å²) in [5.74, 6) is -1.39. The number of aromatic nitrogens is 2. The Labute approximate surface area is 127 Å². The molecule has 0 unspecified atom stereocenters.